The molecule has 3 rings (SSSR count). The van der Waals surface area contributed by atoms with Gasteiger partial charge in [-0.2, -0.15) is 0 Å². The molecule has 0 radical (unpaired) electrons. The van der Waals surface area contributed by atoms with E-state index in [1.54, 1.807) is 4.90 Å². The molecule has 1 aromatic heterocycles. The Morgan fingerprint density at radius 2 is 2.00 bits per heavy atom. The fraction of sp³-hybridized carbons (Fsp3) is 0.400. The number of carbonyl (C=O) groups excluding carboxylic acids is 1. The van der Waals surface area contributed by atoms with Gasteiger partial charge in [0.15, 0.2) is 5.75 Å². The zero-order valence-corrected chi connectivity index (χ0v) is 14.9. The molecule has 8 nitrogen and oxygen atoms in total. The van der Waals surface area contributed by atoms with Gasteiger partial charge in [0.1, 0.15) is 9.58 Å². The van der Waals surface area contributed by atoms with Crippen molar-refractivity contribution in [2.45, 2.75) is 26.1 Å². The van der Waals surface area contributed by atoms with Crippen LogP contribution in [0.3, 0.4) is 0 Å². The standard InChI is InChI=1S/C15H15ClN2O6S/c1-6-4-17(5-7(2)24-6)15(21)14-10(16)8-3-9(19)12(20)11(18(22)23)13(8)25-14/h3,6-7,19-20H,4-5H2,1-2H3. The normalized spacial score (nSPS) is 20.8. The lowest BCUT2D eigenvalue weighted by molar-refractivity contribution is -0.383. The molecule has 2 atom stereocenters. The zero-order valence-electron chi connectivity index (χ0n) is 13.4. The number of nitro benzene ring substituents is 1. The molecule has 1 saturated heterocycles. The molecular formula is C15H15ClN2O6S. The van der Waals surface area contributed by atoms with Crippen LogP contribution >= 0.6 is 22.9 Å². The van der Waals surface area contributed by atoms with Crippen LogP contribution in [0.2, 0.25) is 5.02 Å². The molecule has 1 amide bonds. The summed E-state index contributed by atoms with van der Waals surface area (Å²) in [6.45, 7) is 4.46. The lowest BCUT2D eigenvalue weighted by Gasteiger charge is -2.35. The van der Waals surface area contributed by atoms with Crippen molar-refractivity contribution < 1.29 is 24.7 Å². The SMILES string of the molecule is CC1CN(C(=O)c2sc3c([N+](=O)[O-])c(O)c(O)cc3c2Cl)CC(C)O1. The van der Waals surface area contributed by atoms with Crippen LogP contribution in [0.15, 0.2) is 6.07 Å². The van der Waals surface area contributed by atoms with Crippen LogP contribution in [0, 0.1) is 10.1 Å². The second-order valence-electron chi connectivity index (χ2n) is 5.94. The summed E-state index contributed by atoms with van der Waals surface area (Å²) in [5, 5.41) is 30.9. The Morgan fingerprint density at radius 3 is 2.56 bits per heavy atom. The summed E-state index contributed by atoms with van der Waals surface area (Å²) in [6.07, 6.45) is -0.272. The molecule has 25 heavy (non-hydrogen) atoms. The molecule has 2 heterocycles. The smallest absolute Gasteiger partial charge is 0.332 e. The first-order valence-corrected chi connectivity index (χ1v) is 8.66. The van der Waals surface area contributed by atoms with E-state index in [9.17, 15) is 25.1 Å². The number of phenols is 2. The first-order chi connectivity index (χ1) is 11.7. The van der Waals surface area contributed by atoms with Crippen LogP contribution < -0.4 is 0 Å². The van der Waals surface area contributed by atoms with Crippen LogP contribution in [0.4, 0.5) is 5.69 Å². The molecule has 0 spiro atoms. The van der Waals surface area contributed by atoms with E-state index < -0.39 is 22.1 Å². The van der Waals surface area contributed by atoms with Crippen molar-refractivity contribution in [2.24, 2.45) is 0 Å². The van der Waals surface area contributed by atoms with Gasteiger partial charge in [-0.25, -0.2) is 0 Å². The van der Waals surface area contributed by atoms with Gasteiger partial charge >= 0.3 is 5.69 Å². The van der Waals surface area contributed by atoms with E-state index >= 15 is 0 Å². The van der Waals surface area contributed by atoms with Gasteiger partial charge in [-0.15, -0.1) is 11.3 Å². The number of rotatable bonds is 2. The van der Waals surface area contributed by atoms with Crippen LogP contribution in [-0.4, -0.2) is 51.2 Å². The molecule has 2 unspecified atom stereocenters. The van der Waals surface area contributed by atoms with Crippen molar-refractivity contribution in [3.63, 3.8) is 0 Å². The van der Waals surface area contributed by atoms with E-state index in [4.69, 9.17) is 16.3 Å². The number of hydrogen-bond donors (Lipinski definition) is 2. The Hall–Kier alpha value is -2.10. The van der Waals surface area contributed by atoms with E-state index in [-0.39, 0.29) is 38.1 Å². The summed E-state index contributed by atoms with van der Waals surface area (Å²) < 4.78 is 5.64. The van der Waals surface area contributed by atoms with Crippen molar-refractivity contribution in [1.29, 1.82) is 0 Å². The van der Waals surface area contributed by atoms with Gasteiger partial charge in [0.25, 0.3) is 5.91 Å². The fourth-order valence-corrected chi connectivity index (χ4v) is 4.52. The van der Waals surface area contributed by atoms with Crippen molar-refractivity contribution in [3.8, 4) is 11.5 Å². The summed E-state index contributed by atoms with van der Waals surface area (Å²) in [5.74, 6) is -1.86. The summed E-state index contributed by atoms with van der Waals surface area (Å²) in [5.41, 5.74) is -0.662. The molecule has 1 fully saturated rings. The highest BCUT2D eigenvalue weighted by Crippen LogP contribution is 2.48. The van der Waals surface area contributed by atoms with Gasteiger partial charge < -0.3 is 19.8 Å². The third-order valence-corrected chi connectivity index (χ3v) is 5.64. The van der Waals surface area contributed by atoms with E-state index in [1.165, 1.54) is 0 Å². The number of aromatic hydroxyl groups is 2. The van der Waals surface area contributed by atoms with Crippen molar-refractivity contribution in [2.75, 3.05) is 13.1 Å². The second kappa shape index (κ2) is 6.32. The van der Waals surface area contributed by atoms with E-state index in [2.05, 4.69) is 0 Å². The third-order valence-electron chi connectivity index (χ3n) is 3.93. The molecule has 0 saturated carbocycles. The molecule has 1 aliphatic rings. The number of phenolic OH excluding ortho intramolecular Hbond substituents is 2. The third kappa shape index (κ3) is 2.99. The molecular weight excluding hydrogens is 372 g/mol. The number of hydrogen-bond acceptors (Lipinski definition) is 7. The van der Waals surface area contributed by atoms with Gasteiger partial charge in [-0.1, -0.05) is 11.6 Å². The topological polar surface area (TPSA) is 113 Å². The highest BCUT2D eigenvalue weighted by Gasteiger charge is 2.32. The largest absolute Gasteiger partial charge is 0.504 e. The number of ether oxygens (including phenoxy) is 1. The Balaban J connectivity index is 2.11. The number of carbonyl (C=O) groups is 1. The summed E-state index contributed by atoms with van der Waals surface area (Å²) in [4.78, 5) is 25.0. The molecule has 2 aromatic rings. The Morgan fingerprint density at radius 1 is 1.40 bits per heavy atom. The Bertz CT molecular complexity index is 873. The quantitative estimate of drug-likeness (QED) is 0.465. The second-order valence-corrected chi connectivity index (χ2v) is 7.34. The molecule has 0 aliphatic carbocycles. The number of fused-ring (bicyclic) bond motifs is 1. The van der Waals surface area contributed by atoms with Gasteiger partial charge in [0.05, 0.1) is 22.2 Å². The monoisotopic (exact) mass is 386 g/mol. The highest BCUT2D eigenvalue weighted by molar-refractivity contribution is 7.22. The van der Waals surface area contributed by atoms with Crippen LogP contribution in [-0.2, 0) is 4.74 Å². The van der Waals surface area contributed by atoms with Crippen molar-refractivity contribution in [3.05, 3.63) is 26.1 Å². The van der Waals surface area contributed by atoms with Crippen LogP contribution in [0.25, 0.3) is 10.1 Å². The Labute approximate surface area is 151 Å². The highest BCUT2D eigenvalue weighted by atomic mass is 35.5. The van der Waals surface area contributed by atoms with Gasteiger partial charge in [-0.3, -0.25) is 14.9 Å². The first-order valence-electron chi connectivity index (χ1n) is 7.46. The molecule has 134 valence electrons. The van der Waals surface area contributed by atoms with Gasteiger partial charge in [-0.05, 0) is 19.9 Å². The summed E-state index contributed by atoms with van der Waals surface area (Å²) in [6, 6.07) is 1.12. The lowest BCUT2D eigenvalue weighted by Crippen LogP contribution is -2.48. The van der Waals surface area contributed by atoms with Gasteiger partial charge in [0.2, 0.25) is 5.75 Å². The molecule has 1 aliphatic heterocycles. The van der Waals surface area contributed by atoms with Gasteiger partial charge in [0, 0.05) is 18.5 Å². The maximum absolute atomic E-state index is 12.8. The zero-order chi connectivity index (χ0) is 18.5. The summed E-state index contributed by atoms with van der Waals surface area (Å²) in [7, 11) is 0. The minimum absolute atomic E-state index is 0.0233. The molecule has 0 bridgehead atoms. The number of benzene rings is 1. The van der Waals surface area contributed by atoms with Crippen LogP contribution in [0.5, 0.6) is 11.5 Å². The lowest BCUT2D eigenvalue weighted by atomic mass is 10.2. The predicted molar refractivity (Wildman–Crippen MR) is 92.7 cm³/mol. The van der Waals surface area contributed by atoms with E-state index in [0.717, 1.165) is 17.4 Å². The average molecular weight is 387 g/mol. The number of halogens is 1. The van der Waals surface area contributed by atoms with E-state index in [0.29, 0.717) is 13.1 Å². The molecule has 2 N–H and O–H groups in total. The van der Waals surface area contributed by atoms with Crippen molar-refractivity contribution in [1.82, 2.24) is 4.90 Å². The summed E-state index contributed by atoms with van der Waals surface area (Å²) >= 11 is 7.09. The number of thiophene rings is 1. The predicted octanol–water partition coefficient (Wildman–Crippen LogP) is 3.12. The number of morpholine rings is 1. The molecule has 1 aromatic carbocycles. The fourth-order valence-electron chi connectivity index (χ4n) is 2.96. The van der Waals surface area contributed by atoms with E-state index in [1.807, 2.05) is 13.8 Å². The average Bonchev–Trinajstić information content (AvgIpc) is 2.83. The maximum atomic E-state index is 12.8. The number of amides is 1. The maximum Gasteiger partial charge on any atom is 0.332 e. The van der Waals surface area contributed by atoms with Crippen molar-refractivity contribution >= 4 is 44.6 Å². The number of nitro groups is 1. The minimum Gasteiger partial charge on any atom is -0.504 e. The Kier molecular flexibility index (Phi) is 4.48. The molecule has 10 heteroatoms. The first kappa shape index (κ1) is 17.7. The number of nitrogens with zero attached hydrogens (tertiary/aromatic N) is 2. The van der Waals surface area contributed by atoms with Crippen LogP contribution in [0.1, 0.15) is 23.5 Å². The minimum atomic E-state index is -0.844.